The van der Waals surface area contributed by atoms with Gasteiger partial charge < -0.3 is 4.90 Å². The average Bonchev–Trinajstić information content (AvgIpc) is 3.18. The van der Waals surface area contributed by atoms with Crippen LogP contribution in [0.2, 0.25) is 0 Å². The van der Waals surface area contributed by atoms with Crippen molar-refractivity contribution in [2.24, 2.45) is 0 Å². The largest absolute Gasteiger partial charge is 0.310 e. The van der Waals surface area contributed by atoms with Gasteiger partial charge in [-0.15, -0.1) is 0 Å². The van der Waals surface area contributed by atoms with Crippen molar-refractivity contribution in [3.05, 3.63) is 187 Å². The van der Waals surface area contributed by atoms with Crippen molar-refractivity contribution in [2.45, 2.75) is 13.8 Å². The molecule has 9 aromatic rings. The molecular formula is C50H35N. The van der Waals surface area contributed by atoms with Crippen molar-refractivity contribution in [1.82, 2.24) is 0 Å². The average molecular weight is 650 g/mol. The fourth-order valence-corrected chi connectivity index (χ4v) is 8.14. The Morgan fingerprint density at radius 3 is 1.22 bits per heavy atom. The molecule has 0 saturated carbocycles. The van der Waals surface area contributed by atoms with E-state index >= 15 is 0 Å². The zero-order valence-corrected chi connectivity index (χ0v) is 28.7. The van der Waals surface area contributed by atoms with E-state index in [9.17, 15) is 0 Å². The number of hydrogen-bond acceptors (Lipinski definition) is 1. The molecule has 1 aliphatic carbocycles. The molecule has 1 aliphatic rings. The third kappa shape index (κ3) is 4.77. The van der Waals surface area contributed by atoms with E-state index in [1.54, 1.807) is 0 Å². The van der Waals surface area contributed by atoms with Gasteiger partial charge in [-0.05, 0) is 151 Å². The first-order valence-electron chi connectivity index (χ1n) is 17.8. The highest BCUT2D eigenvalue weighted by Gasteiger charge is 2.27. The fraction of sp³-hybridized carbons (Fsp3) is 0.0400. The van der Waals surface area contributed by atoms with Crippen LogP contribution < -0.4 is 4.90 Å². The van der Waals surface area contributed by atoms with Crippen molar-refractivity contribution in [3.8, 4) is 44.5 Å². The molecule has 0 saturated heterocycles. The Morgan fingerprint density at radius 2 is 0.725 bits per heavy atom. The standard InChI is InChI=1S/C50H35N/c1-32-17-22-38(23-18-32)51(39-24-19-33(2)20-25-39)40-26-21-36-28-43-44(29-37(36)27-40)46-31-48-47(30-45(43)46)49(34-11-5-3-6-12-34)41-15-9-10-16-42(41)50(48)35-13-7-4-8-14-35/h3-31H,1-2H3. The van der Waals surface area contributed by atoms with E-state index in [0.717, 1.165) is 17.1 Å². The Kier molecular flexibility index (Phi) is 6.69. The first-order chi connectivity index (χ1) is 25.1. The first-order valence-corrected chi connectivity index (χ1v) is 17.8. The number of benzene rings is 9. The molecule has 9 aromatic carbocycles. The van der Waals surface area contributed by atoms with Gasteiger partial charge in [-0.25, -0.2) is 0 Å². The SMILES string of the molecule is Cc1ccc(N(c2ccc(C)cc2)c2ccc3cc4c(cc3c2)-c2cc3c(-c5ccccc5)c5ccccc5c(-c5ccccc5)c3cc2-4)cc1. The van der Waals surface area contributed by atoms with E-state index in [2.05, 4.69) is 195 Å². The van der Waals surface area contributed by atoms with Crippen molar-refractivity contribution in [3.63, 3.8) is 0 Å². The molecule has 0 spiro atoms. The van der Waals surface area contributed by atoms with Gasteiger partial charge in [0, 0.05) is 17.1 Å². The summed E-state index contributed by atoms with van der Waals surface area (Å²) in [4.78, 5) is 2.36. The van der Waals surface area contributed by atoms with Gasteiger partial charge >= 0.3 is 0 Å². The minimum Gasteiger partial charge on any atom is -0.310 e. The van der Waals surface area contributed by atoms with Crippen molar-refractivity contribution < 1.29 is 0 Å². The summed E-state index contributed by atoms with van der Waals surface area (Å²) in [5.41, 5.74) is 16.4. The Hall–Kier alpha value is -6.44. The molecule has 0 fully saturated rings. The van der Waals surface area contributed by atoms with Crippen molar-refractivity contribution in [1.29, 1.82) is 0 Å². The molecule has 0 aliphatic heterocycles. The third-order valence-electron chi connectivity index (χ3n) is 10.7. The predicted molar refractivity (Wildman–Crippen MR) is 218 cm³/mol. The maximum absolute atomic E-state index is 2.47. The summed E-state index contributed by atoms with van der Waals surface area (Å²) in [5, 5.41) is 7.65. The molecule has 51 heavy (non-hydrogen) atoms. The Bertz CT molecular complexity index is 2730. The summed E-state index contributed by atoms with van der Waals surface area (Å²) in [6, 6.07) is 65.0. The van der Waals surface area contributed by atoms with Gasteiger partial charge in [0.25, 0.3) is 0 Å². The van der Waals surface area contributed by atoms with Crippen LogP contribution in [0.1, 0.15) is 11.1 Å². The summed E-state index contributed by atoms with van der Waals surface area (Å²) in [6.07, 6.45) is 0. The Labute approximate surface area is 298 Å². The molecule has 240 valence electrons. The van der Waals surface area contributed by atoms with Crippen LogP contribution in [-0.2, 0) is 0 Å². The highest BCUT2D eigenvalue weighted by atomic mass is 15.1. The van der Waals surface area contributed by atoms with E-state index in [1.165, 1.54) is 88.0 Å². The van der Waals surface area contributed by atoms with Crippen LogP contribution in [0, 0.1) is 13.8 Å². The monoisotopic (exact) mass is 649 g/mol. The van der Waals surface area contributed by atoms with Crippen molar-refractivity contribution >= 4 is 49.4 Å². The molecule has 0 heterocycles. The van der Waals surface area contributed by atoms with Gasteiger partial charge in [-0.3, -0.25) is 0 Å². The summed E-state index contributed by atoms with van der Waals surface area (Å²) in [6.45, 7) is 4.28. The maximum atomic E-state index is 2.47. The molecular weight excluding hydrogens is 615 g/mol. The molecule has 1 heteroatoms. The number of rotatable bonds is 5. The quantitative estimate of drug-likeness (QED) is 0.168. The van der Waals surface area contributed by atoms with Gasteiger partial charge in [0.15, 0.2) is 0 Å². The van der Waals surface area contributed by atoms with Crippen LogP contribution >= 0.6 is 0 Å². The normalized spacial score (nSPS) is 11.7. The molecule has 0 amide bonds. The minimum absolute atomic E-state index is 1.15. The number of anilines is 3. The van der Waals surface area contributed by atoms with Crippen molar-refractivity contribution in [2.75, 3.05) is 4.90 Å². The number of aryl methyl sites for hydroxylation is 2. The fourth-order valence-electron chi connectivity index (χ4n) is 8.14. The molecule has 0 radical (unpaired) electrons. The Balaban J connectivity index is 1.18. The first kappa shape index (κ1) is 29.5. The molecule has 0 atom stereocenters. The lowest BCUT2D eigenvalue weighted by atomic mass is 9.75. The summed E-state index contributed by atoms with van der Waals surface area (Å²) >= 11 is 0. The van der Waals surface area contributed by atoms with Crippen LogP contribution in [-0.4, -0.2) is 0 Å². The molecule has 1 nitrogen and oxygen atoms in total. The predicted octanol–water partition coefficient (Wildman–Crippen LogP) is 14.2. The second-order valence-corrected chi connectivity index (χ2v) is 13.9. The van der Waals surface area contributed by atoms with Crippen LogP contribution in [0.3, 0.4) is 0 Å². The number of fused-ring (bicyclic) bond motifs is 7. The minimum atomic E-state index is 1.15. The van der Waals surface area contributed by atoms with E-state index in [0.29, 0.717) is 0 Å². The lowest BCUT2D eigenvalue weighted by Gasteiger charge is -2.29. The molecule has 0 aromatic heterocycles. The summed E-state index contributed by atoms with van der Waals surface area (Å²) in [7, 11) is 0. The zero-order chi connectivity index (χ0) is 34.1. The van der Waals surface area contributed by atoms with Crippen LogP contribution in [0.4, 0.5) is 17.1 Å². The molecule has 0 N–H and O–H groups in total. The van der Waals surface area contributed by atoms with Crippen LogP contribution in [0.15, 0.2) is 176 Å². The topological polar surface area (TPSA) is 3.24 Å². The maximum Gasteiger partial charge on any atom is 0.0468 e. The third-order valence-corrected chi connectivity index (χ3v) is 10.7. The van der Waals surface area contributed by atoms with Gasteiger partial charge in [0.1, 0.15) is 0 Å². The highest BCUT2D eigenvalue weighted by molar-refractivity contribution is 6.24. The van der Waals surface area contributed by atoms with Gasteiger partial charge in [0.05, 0.1) is 0 Å². The van der Waals surface area contributed by atoms with Crippen LogP contribution in [0.5, 0.6) is 0 Å². The summed E-state index contributed by atoms with van der Waals surface area (Å²) < 4.78 is 0. The molecule has 0 unspecified atom stereocenters. The summed E-state index contributed by atoms with van der Waals surface area (Å²) in [5.74, 6) is 0. The molecule has 0 bridgehead atoms. The van der Waals surface area contributed by atoms with E-state index in [4.69, 9.17) is 0 Å². The lowest BCUT2D eigenvalue weighted by molar-refractivity contribution is 1.27. The lowest BCUT2D eigenvalue weighted by Crippen LogP contribution is -2.10. The van der Waals surface area contributed by atoms with E-state index < -0.39 is 0 Å². The second-order valence-electron chi connectivity index (χ2n) is 13.9. The van der Waals surface area contributed by atoms with Gasteiger partial charge in [-0.1, -0.05) is 126 Å². The highest BCUT2D eigenvalue weighted by Crippen LogP contribution is 2.54. The number of nitrogens with zero attached hydrogens (tertiary/aromatic N) is 1. The van der Waals surface area contributed by atoms with E-state index in [1.807, 2.05) is 0 Å². The Morgan fingerprint density at radius 1 is 0.314 bits per heavy atom. The van der Waals surface area contributed by atoms with Crippen LogP contribution in [0.25, 0.3) is 76.8 Å². The zero-order valence-electron chi connectivity index (χ0n) is 28.7. The van der Waals surface area contributed by atoms with Gasteiger partial charge in [-0.2, -0.15) is 0 Å². The van der Waals surface area contributed by atoms with E-state index in [-0.39, 0.29) is 0 Å². The van der Waals surface area contributed by atoms with Gasteiger partial charge in [0.2, 0.25) is 0 Å². The number of hydrogen-bond donors (Lipinski definition) is 0. The molecule has 10 rings (SSSR count). The smallest absolute Gasteiger partial charge is 0.0468 e. The second kappa shape index (κ2) is 11.6.